The van der Waals surface area contributed by atoms with E-state index < -0.39 is 12.0 Å². The van der Waals surface area contributed by atoms with E-state index in [9.17, 15) is 9.59 Å². The molecule has 0 aromatic carbocycles. The van der Waals surface area contributed by atoms with Gasteiger partial charge in [0.2, 0.25) is 0 Å². The molecule has 18 heavy (non-hydrogen) atoms. The maximum Gasteiger partial charge on any atom is 0.325 e. The summed E-state index contributed by atoms with van der Waals surface area (Å²) in [6.07, 6.45) is 4.46. The minimum absolute atomic E-state index is 0.166. The largest absolute Gasteiger partial charge is 0.480 e. The van der Waals surface area contributed by atoms with Crippen molar-refractivity contribution in [1.29, 1.82) is 0 Å². The number of urea groups is 1. The monoisotopic (exact) mass is 256 g/mol. The van der Waals surface area contributed by atoms with E-state index in [0.29, 0.717) is 11.8 Å². The molecular formula is C13H24N2O3. The molecule has 1 fully saturated rings. The first-order valence-electron chi connectivity index (χ1n) is 6.71. The van der Waals surface area contributed by atoms with Crippen LogP contribution in [0.4, 0.5) is 4.79 Å². The normalized spacial score (nSPS) is 25.6. The van der Waals surface area contributed by atoms with Gasteiger partial charge in [0, 0.05) is 6.04 Å². The fourth-order valence-electron chi connectivity index (χ4n) is 2.61. The molecule has 0 heterocycles. The Labute approximate surface area is 108 Å². The third-order valence-electron chi connectivity index (χ3n) is 3.71. The van der Waals surface area contributed by atoms with E-state index in [0.717, 1.165) is 19.3 Å². The van der Waals surface area contributed by atoms with Gasteiger partial charge in [-0.3, -0.25) is 4.79 Å². The van der Waals surface area contributed by atoms with Gasteiger partial charge in [0.1, 0.15) is 6.04 Å². The second-order valence-corrected chi connectivity index (χ2v) is 5.48. The Hall–Kier alpha value is -1.26. The van der Waals surface area contributed by atoms with Gasteiger partial charge in [0.15, 0.2) is 0 Å². The van der Waals surface area contributed by atoms with Crippen LogP contribution in [0.3, 0.4) is 0 Å². The molecule has 3 atom stereocenters. The van der Waals surface area contributed by atoms with Crippen LogP contribution in [0, 0.1) is 11.8 Å². The van der Waals surface area contributed by atoms with E-state index >= 15 is 0 Å². The Morgan fingerprint density at radius 3 is 2.33 bits per heavy atom. The molecule has 2 unspecified atom stereocenters. The average molecular weight is 256 g/mol. The van der Waals surface area contributed by atoms with E-state index in [4.69, 9.17) is 5.11 Å². The summed E-state index contributed by atoms with van der Waals surface area (Å²) in [6.45, 7) is 5.80. The lowest BCUT2D eigenvalue weighted by Gasteiger charge is -2.35. The second-order valence-electron chi connectivity index (χ2n) is 5.48. The maximum atomic E-state index is 11.7. The predicted molar refractivity (Wildman–Crippen MR) is 69.3 cm³/mol. The molecule has 0 bridgehead atoms. The molecule has 1 aliphatic carbocycles. The topological polar surface area (TPSA) is 78.4 Å². The third kappa shape index (κ3) is 4.20. The van der Waals surface area contributed by atoms with Crippen LogP contribution in [0.1, 0.15) is 46.5 Å². The highest BCUT2D eigenvalue weighted by Crippen LogP contribution is 2.30. The van der Waals surface area contributed by atoms with Crippen molar-refractivity contribution in [3.63, 3.8) is 0 Å². The molecule has 5 heteroatoms. The van der Waals surface area contributed by atoms with Crippen LogP contribution in [0.25, 0.3) is 0 Å². The Morgan fingerprint density at radius 2 is 1.78 bits per heavy atom. The quantitative estimate of drug-likeness (QED) is 0.719. The van der Waals surface area contributed by atoms with Crippen molar-refractivity contribution in [3.05, 3.63) is 0 Å². The number of carbonyl (C=O) groups is 2. The highest BCUT2D eigenvalue weighted by molar-refractivity contribution is 5.82. The van der Waals surface area contributed by atoms with Crippen LogP contribution in [-0.4, -0.2) is 29.2 Å². The molecule has 5 nitrogen and oxygen atoms in total. The van der Waals surface area contributed by atoms with E-state index in [2.05, 4.69) is 24.5 Å². The summed E-state index contributed by atoms with van der Waals surface area (Å²) < 4.78 is 0. The van der Waals surface area contributed by atoms with Crippen LogP contribution in [0.15, 0.2) is 0 Å². The predicted octanol–water partition coefficient (Wildman–Crippen LogP) is 1.97. The number of rotatable bonds is 4. The number of carbonyl (C=O) groups excluding carboxylic acids is 1. The second kappa shape index (κ2) is 6.61. The number of carboxylic acids is 1. The van der Waals surface area contributed by atoms with Gasteiger partial charge in [-0.25, -0.2) is 4.79 Å². The zero-order chi connectivity index (χ0) is 13.7. The van der Waals surface area contributed by atoms with Crippen molar-refractivity contribution >= 4 is 12.0 Å². The van der Waals surface area contributed by atoms with Gasteiger partial charge in [-0.2, -0.15) is 0 Å². The van der Waals surface area contributed by atoms with Crippen LogP contribution in [0.2, 0.25) is 0 Å². The highest BCUT2D eigenvalue weighted by Gasteiger charge is 2.29. The van der Waals surface area contributed by atoms with E-state index in [1.807, 2.05) is 0 Å². The molecule has 0 aromatic rings. The van der Waals surface area contributed by atoms with Crippen LogP contribution < -0.4 is 10.6 Å². The SMILES string of the molecule is CC(C)C1CCCCC1NC(=O)N[C@H](C)C(=O)O. The van der Waals surface area contributed by atoms with Crippen molar-refractivity contribution in [2.75, 3.05) is 0 Å². The van der Waals surface area contributed by atoms with Gasteiger partial charge in [0.05, 0.1) is 0 Å². The number of amides is 2. The number of aliphatic carboxylic acids is 1. The zero-order valence-electron chi connectivity index (χ0n) is 11.4. The van der Waals surface area contributed by atoms with Crippen molar-refractivity contribution in [1.82, 2.24) is 10.6 Å². The summed E-state index contributed by atoms with van der Waals surface area (Å²) in [5, 5.41) is 14.1. The van der Waals surface area contributed by atoms with Gasteiger partial charge in [0.25, 0.3) is 0 Å². The number of hydrogen-bond donors (Lipinski definition) is 3. The van der Waals surface area contributed by atoms with Crippen LogP contribution in [-0.2, 0) is 4.79 Å². The lowest BCUT2D eigenvalue weighted by molar-refractivity contribution is -0.138. The van der Waals surface area contributed by atoms with Crippen molar-refractivity contribution in [3.8, 4) is 0 Å². The molecule has 1 aliphatic rings. The molecule has 0 radical (unpaired) electrons. The molecular weight excluding hydrogens is 232 g/mol. The van der Waals surface area contributed by atoms with Crippen molar-refractivity contribution < 1.29 is 14.7 Å². The molecule has 0 spiro atoms. The van der Waals surface area contributed by atoms with Gasteiger partial charge < -0.3 is 15.7 Å². The summed E-state index contributed by atoms with van der Waals surface area (Å²) in [4.78, 5) is 22.4. The minimum Gasteiger partial charge on any atom is -0.480 e. The maximum absolute atomic E-state index is 11.7. The average Bonchev–Trinajstić information content (AvgIpc) is 2.28. The molecule has 1 rings (SSSR count). The summed E-state index contributed by atoms with van der Waals surface area (Å²) in [6, 6.07) is -1.06. The summed E-state index contributed by atoms with van der Waals surface area (Å²) in [7, 11) is 0. The minimum atomic E-state index is -1.02. The molecule has 0 saturated heterocycles. The van der Waals surface area contributed by atoms with Gasteiger partial charge in [-0.1, -0.05) is 26.7 Å². The zero-order valence-corrected chi connectivity index (χ0v) is 11.4. The standard InChI is InChI=1S/C13H24N2O3/c1-8(2)10-6-4-5-7-11(10)15-13(18)14-9(3)12(16)17/h8-11H,4-7H2,1-3H3,(H,16,17)(H2,14,15,18)/t9-,10?,11?/m1/s1. The number of nitrogens with one attached hydrogen (secondary N) is 2. The Balaban J connectivity index is 2.48. The molecule has 0 aromatic heterocycles. The first-order valence-corrected chi connectivity index (χ1v) is 6.71. The molecule has 104 valence electrons. The van der Waals surface area contributed by atoms with Crippen molar-refractivity contribution in [2.24, 2.45) is 11.8 Å². The first kappa shape index (κ1) is 14.8. The van der Waals surface area contributed by atoms with Crippen LogP contribution in [0.5, 0.6) is 0 Å². The molecule has 1 saturated carbocycles. The van der Waals surface area contributed by atoms with Gasteiger partial charge >= 0.3 is 12.0 Å². The van der Waals surface area contributed by atoms with E-state index in [1.165, 1.54) is 13.3 Å². The summed E-state index contributed by atoms with van der Waals surface area (Å²) in [5.74, 6) is 0.00587. The number of carboxylic acid groups (broad SMARTS) is 1. The number of hydrogen-bond acceptors (Lipinski definition) is 2. The first-order chi connectivity index (χ1) is 8.41. The highest BCUT2D eigenvalue weighted by atomic mass is 16.4. The Bertz CT molecular complexity index is 305. The lowest BCUT2D eigenvalue weighted by Crippen LogP contribution is -2.51. The van der Waals surface area contributed by atoms with Gasteiger partial charge in [-0.05, 0) is 31.6 Å². The molecule has 3 N–H and O–H groups in total. The fraction of sp³-hybridized carbons (Fsp3) is 0.846. The van der Waals surface area contributed by atoms with E-state index in [-0.39, 0.29) is 12.1 Å². The van der Waals surface area contributed by atoms with E-state index in [1.54, 1.807) is 0 Å². The van der Waals surface area contributed by atoms with Crippen LogP contribution >= 0.6 is 0 Å². The van der Waals surface area contributed by atoms with Gasteiger partial charge in [-0.15, -0.1) is 0 Å². The Kier molecular flexibility index (Phi) is 5.44. The summed E-state index contributed by atoms with van der Waals surface area (Å²) in [5.41, 5.74) is 0. The molecule has 2 amide bonds. The smallest absolute Gasteiger partial charge is 0.325 e. The summed E-state index contributed by atoms with van der Waals surface area (Å²) >= 11 is 0. The molecule has 0 aliphatic heterocycles. The lowest BCUT2D eigenvalue weighted by atomic mass is 9.78. The fourth-order valence-corrected chi connectivity index (χ4v) is 2.61. The van der Waals surface area contributed by atoms with Crippen molar-refractivity contribution in [2.45, 2.75) is 58.5 Å². The Morgan fingerprint density at radius 1 is 1.17 bits per heavy atom. The third-order valence-corrected chi connectivity index (χ3v) is 3.71.